The quantitative estimate of drug-likeness (QED) is 0.595. The third-order valence-corrected chi connectivity index (χ3v) is 1.52. The molecule has 0 N–H and O–H groups in total. The second kappa shape index (κ2) is 4.08. The predicted octanol–water partition coefficient (Wildman–Crippen LogP) is 2.41. The molecule has 1 aromatic carbocycles. The van der Waals surface area contributed by atoms with Gasteiger partial charge in [0.25, 0.3) is 0 Å². The van der Waals surface area contributed by atoms with Gasteiger partial charge in [0.2, 0.25) is 0 Å². The van der Waals surface area contributed by atoms with E-state index in [0.717, 1.165) is 5.56 Å². The molecule has 0 aliphatic rings. The van der Waals surface area contributed by atoms with Gasteiger partial charge in [-0.1, -0.05) is 36.4 Å². The van der Waals surface area contributed by atoms with E-state index < -0.39 is 8.46 Å². The van der Waals surface area contributed by atoms with E-state index in [1.807, 2.05) is 36.4 Å². The van der Waals surface area contributed by atoms with Crippen LogP contribution in [0.1, 0.15) is 5.56 Å². The monoisotopic (exact) mass is 152 g/mol. The molecule has 52 valence electrons. The summed E-state index contributed by atoms with van der Waals surface area (Å²) in [6.45, 7) is 0. The highest BCUT2D eigenvalue weighted by Gasteiger charge is 1.78. The standard InChI is InChI=1S/C8H9OP/c9-10-7-6-8-4-2-1-3-5-8/h1-7H,10H2. The fourth-order valence-electron chi connectivity index (χ4n) is 0.715. The molecule has 0 saturated heterocycles. The molecule has 2 heteroatoms. The average molecular weight is 152 g/mol. The summed E-state index contributed by atoms with van der Waals surface area (Å²) in [5, 5.41) is 0. The molecule has 0 bridgehead atoms. The summed E-state index contributed by atoms with van der Waals surface area (Å²) in [6.07, 6.45) is 1.86. The highest BCUT2D eigenvalue weighted by molar-refractivity contribution is 7.28. The molecular formula is C8H9OP. The van der Waals surface area contributed by atoms with E-state index in [1.165, 1.54) is 0 Å². The minimum absolute atomic E-state index is 0.754. The topological polar surface area (TPSA) is 17.1 Å². The van der Waals surface area contributed by atoms with Gasteiger partial charge < -0.3 is 4.57 Å². The van der Waals surface area contributed by atoms with Crippen LogP contribution in [0.15, 0.2) is 36.1 Å². The lowest BCUT2D eigenvalue weighted by Gasteiger charge is -1.86. The molecule has 1 aromatic rings. The molecule has 0 radical (unpaired) electrons. The first-order chi connectivity index (χ1) is 4.93. The predicted molar refractivity (Wildman–Crippen MR) is 45.9 cm³/mol. The van der Waals surface area contributed by atoms with Gasteiger partial charge in [-0.15, -0.1) is 0 Å². The maximum absolute atomic E-state index is 10.1. The number of hydrogen-bond acceptors (Lipinski definition) is 1. The third kappa shape index (κ3) is 2.20. The number of benzene rings is 1. The van der Waals surface area contributed by atoms with Crippen LogP contribution in [0.5, 0.6) is 0 Å². The van der Waals surface area contributed by atoms with Crippen molar-refractivity contribution >= 4 is 14.5 Å². The first-order valence-electron chi connectivity index (χ1n) is 3.10. The lowest BCUT2D eigenvalue weighted by atomic mass is 10.2. The van der Waals surface area contributed by atoms with Crippen molar-refractivity contribution in [2.75, 3.05) is 0 Å². The van der Waals surface area contributed by atoms with E-state index >= 15 is 0 Å². The maximum atomic E-state index is 10.1. The molecule has 1 rings (SSSR count). The first-order valence-corrected chi connectivity index (χ1v) is 4.24. The zero-order valence-electron chi connectivity index (χ0n) is 5.53. The minimum Gasteiger partial charge on any atom is -0.326 e. The summed E-state index contributed by atoms with van der Waals surface area (Å²) < 4.78 is 10.1. The molecule has 10 heavy (non-hydrogen) atoms. The van der Waals surface area contributed by atoms with Crippen molar-refractivity contribution in [2.24, 2.45) is 0 Å². The van der Waals surface area contributed by atoms with Crippen LogP contribution in [0.3, 0.4) is 0 Å². The van der Waals surface area contributed by atoms with E-state index in [1.54, 1.807) is 5.82 Å². The van der Waals surface area contributed by atoms with Crippen molar-refractivity contribution in [2.45, 2.75) is 0 Å². The van der Waals surface area contributed by atoms with Crippen LogP contribution in [0.25, 0.3) is 6.08 Å². The summed E-state index contributed by atoms with van der Waals surface area (Å²) in [5.74, 6) is 1.69. The van der Waals surface area contributed by atoms with Crippen molar-refractivity contribution in [1.82, 2.24) is 0 Å². The maximum Gasteiger partial charge on any atom is 0.0852 e. The summed E-state index contributed by atoms with van der Waals surface area (Å²) in [4.78, 5) is 0. The molecule has 0 fully saturated rings. The number of hydrogen-bond donors (Lipinski definition) is 0. The minimum atomic E-state index is -0.754. The van der Waals surface area contributed by atoms with Crippen molar-refractivity contribution in [3.8, 4) is 0 Å². The van der Waals surface area contributed by atoms with Gasteiger partial charge in [-0.3, -0.25) is 0 Å². The summed E-state index contributed by atoms with van der Waals surface area (Å²) in [7, 11) is -0.754. The molecule has 1 unspecified atom stereocenters. The van der Waals surface area contributed by atoms with Gasteiger partial charge >= 0.3 is 0 Å². The third-order valence-electron chi connectivity index (χ3n) is 1.17. The highest BCUT2D eigenvalue weighted by atomic mass is 31.1. The van der Waals surface area contributed by atoms with Crippen LogP contribution in [-0.4, -0.2) is 0 Å². The van der Waals surface area contributed by atoms with E-state index in [-0.39, 0.29) is 0 Å². The Morgan fingerprint density at radius 3 is 2.50 bits per heavy atom. The fraction of sp³-hybridized carbons (Fsp3) is 0. The first kappa shape index (κ1) is 7.30. The van der Waals surface area contributed by atoms with Gasteiger partial charge in [-0.2, -0.15) is 0 Å². The Labute approximate surface area is 61.6 Å². The molecule has 0 amide bonds. The Kier molecular flexibility index (Phi) is 2.98. The zero-order chi connectivity index (χ0) is 7.23. The largest absolute Gasteiger partial charge is 0.326 e. The van der Waals surface area contributed by atoms with Gasteiger partial charge in [-0.25, -0.2) is 0 Å². The average Bonchev–Trinajstić information content (AvgIpc) is 2.03. The molecule has 0 spiro atoms. The van der Waals surface area contributed by atoms with Crippen molar-refractivity contribution in [3.63, 3.8) is 0 Å². The lowest BCUT2D eigenvalue weighted by Crippen LogP contribution is -1.64. The molecule has 0 saturated carbocycles. The Morgan fingerprint density at radius 2 is 1.90 bits per heavy atom. The highest BCUT2D eigenvalue weighted by Crippen LogP contribution is 2.04. The van der Waals surface area contributed by atoms with E-state index in [0.29, 0.717) is 0 Å². The molecule has 0 heterocycles. The van der Waals surface area contributed by atoms with Crippen molar-refractivity contribution < 1.29 is 4.57 Å². The summed E-state index contributed by atoms with van der Waals surface area (Å²) in [5.41, 5.74) is 1.10. The zero-order valence-corrected chi connectivity index (χ0v) is 6.68. The van der Waals surface area contributed by atoms with Crippen LogP contribution in [0.2, 0.25) is 0 Å². The Hall–Kier alpha value is -0.810. The SMILES string of the molecule is O=[PH2]C=Cc1ccccc1. The smallest absolute Gasteiger partial charge is 0.0852 e. The van der Waals surface area contributed by atoms with Crippen LogP contribution >= 0.6 is 8.46 Å². The van der Waals surface area contributed by atoms with Gasteiger partial charge in [0.05, 0.1) is 8.46 Å². The summed E-state index contributed by atoms with van der Waals surface area (Å²) in [6, 6.07) is 9.83. The Balaban J connectivity index is 2.76. The molecule has 0 aromatic heterocycles. The van der Waals surface area contributed by atoms with Crippen LogP contribution < -0.4 is 0 Å². The van der Waals surface area contributed by atoms with Crippen LogP contribution in [-0.2, 0) is 4.57 Å². The van der Waals surface area contributed by atoms with Gasteiger partial charge in [0.1, 0.15) is 0 Å². The number of rotatable bonds is 2. The van der Waals surface area contributed by atoms with E-state index in [4.69, 9.17) is 0 Å². The fourth-order valence-corrected chi connectivity index (χ4v) is 1.02. The Bertz CT molecular complexity index is 228. The van der Waals surface area contributed by atoms with E-state index in [9.17, 15) is 4.57 Å². The van der Waals surface area contributed by atoms with Crippen LogP contribution in [0, 0.1) is 0 Å². The molecule has 0 aliphatic carbocycles. The Morgan fingerprint density at radius 1 is 1.20 bits per heavy atom. The van der Waals surface area contributed by atoms with E-state index in [2.05, 4.69) is 0 Å². The van der Waals surface area contributed by atoms with Crippen LogP contribution in [0.4, 0.5) is 0 Å². The van der Waals surface area contributed by atoms with Gasteiger partial charge in [0.15, 0.2) is 0 Å². The normalized spacial score (nSPS) is 11.6. The molecular weight excluding hydrogens is 143 g/mol. The second-order valence-corrected chi connectivity index (χ2v) is 2.56. The van der Waals surface area contributed by atoms with Crippen molar-refractivity contribution in [3.05, 3.63) is 41.7 Å². The molecule has 0 aliphatic heterocycles. The van der Waals surface area contributed by atoms with Gasteiger partial charge in [0, 0.05) is 0 Å². The molecule has 1 atom stereocenters. The van der Waals surface area contributed by atoms with Gasteiger partial charge in [-0.05, 0) is 11.4 Å². The second-order valence-electron chi connectivity index (χ2n) is 1.91. The molecule has 1 nitrogen and oxygen atoms in total. The summed E-state index contributed by atoms with van der Waals surface area (Å²) >= 11 is 0. The van der Waals surface area contributed by atoms with Crippen molar-refractivity contribution in [1.29, 1.82) is 0 Å². The lowest BCUT2D eigenvalue weighted by molar-refractivity contribution is 0.603.